The number of hydrogen-bond acceptors (Lipinski definition) is 4. The van der Waals surface area contributed by atoms with Crippen molar-refractivity contribution in [1.29, 1.82) is 0 Å². The number of allylic oxidation sites excluding steroid dienone is 1. The quantitative estimate of drug-likeness (QED) is 0.582. The molecule has 1 aliphatic carbocycles. The first-order chi connectivity index (χ1) is 13.3. The summed E-state index contributed by atoms with van der Waals surface area (Å²) in [5.41, 5.74) is 9.16. The molecule has 1 aromatic carbocycles. The van der Waals surface area contributed by atoms with Crippen molar-refractivity contribution in [3.63, 3.8) is 0 Å². The van der Waals surface area contributed by atoms with Crippen LogP contribution in [0.1, 0.15) is 30.9 Å². The summed E-state index contributed by atoms with van der Waals surface area (Å²) in [4.78, 5) is 13.0. The molecule has 5 heteroatoms. The first-order valence-corrected chi connectivity index (χ1v) is 9.38. The van der Waals surface area contributed by atoms with Crippen LogP contribution in [-0.4, -0.2) is 19.5 Å². The van der Waals surface area contributed by atoms with Crippen LogP contribution in [0.5, 0.6) is 0 Å². The molecule has 2 unspecified atom stereocenters. The van der Waals surface area contributed by atoms with Gasteiger partial charge in [0.2, 0.25) is 0 Å². The van der Waals surface area contributed by atoms with E-state index in [0.717, 1.165) is 29.4 Å². The maximum absolute atomic E-state index is 5.97. The molecule has 3 aromatic heterocycles. The van der Waals surface area contributed by atoms with Gasteiger partial charge in [-0.05, 0) is 48.9 Å². The van der Waals surface area contributed by atoms with E-state index >= 15 is 0 Å². The van der Waals surface area contributed by atoms with Crippen molar-refractivity contribution in [2.75, 3.05) is 5.73 Å². The lowest BCUT2D eigenvalue weighted by atomic mass is 10.0. The smallest absolute Gasteiger partial charge is 0.145 e. The zero-order valence-corrected chi connectivity index (χ0v) is 15.0. The fraction of sp³-hybridized carbons (Fsp3) is 0.227. The second-order valence-corrected chi connectivity index (χ2v) is 7.26. The van der Waals surface area contributed by atoms with Gasteiger partial charge in [0.25, 0.3) is 0 Å². The van der Waals surface area contributed by atoms with E-state index in [4.69, 9.17) is 5.73 Å². The maximum atomic E-state index is 5.97. The van der Waals surface area contributed by atoms with Crippen LogP contribution < -0.4 is 5.73 Å². The lowest BCUT2D eigenvalue weighted by Crippen LogP contribution is -2.05. The van der Waals surface area contributed by atoms with Gasteiger partial charge in [0.15, 0.2) is 0 Å². The Balaban J connectivity index is 1.34. The molecule has 5 rings (SSSR count). The summed E-state index contributed by atoms with van der Waals surface area (Å²) in [5.74, 6) is 1.13. The van der Waals surface area contributed by atoms with Gasteiger partial charge in [-0.1, -0.05) is 30.4 Å². The molecule has 3 heterocycles. The van der Waals surface area contributed by atoms with E-state index in [1.54, 1.807) is 6.33 Å². The molecule has 0 spiro atoms. The molecule has 4 aromatic rings. The van der Waals surface area contributed by atoms with Crippen molar-refractivity contribution >= 4 is 33.8 Å². The molecule has 1 saturated carbocycles. The fourth-order valence-corrected chi connectivity index (χ4v) is 4.14. The number of hydrogen-bond donors (Lipinski definition) is 1. The van der Waals surface area contributed by atoms with Crippen LogP contribution in [-0.2, 0) is 0 Å². The Morgan fingerprint density at radius 1 is 1.07 bits per heavy atom. The number of nitrogen functional groups attached to an aromatic ring is 1. The van der Waals surface area contributed by atoms with Gasteiger partial charge in [-0.3, -0.25) is 4.98 Å². The molecule has 0 aliphatic heterocycles. The summed E-state index contributed by atoms with van der Waals surface area (Å²) in [6.07, 6.45) is 13.5. The third kappa shape index (κ3) is 2.95. The van der Waals surface area contributed by atoms with Crippen LogP contribution >= 0.6 is 0 Å². The van der Waals surface area contributed by atoms with E-state index in [9.17, 15) is 0 Å². The topological polar surface area (TPSA) is 69.6 Å². The van der Waals surface area contributed by atoms with E-state index in [2.05, 4.69) is 62.1 Å². The van der Waals surface area contributed by atoms with Crippen LogP contribution in [0.2, 0.25) is 0 Å². The summed E-state index contributed by atoms with van der Waals surface area (Å²) in [6, 6.07) is 13.0. The molecular formula is C22H21N5. The highest BCUT2D eigenvalue weighted by Crippen LogP contribution is 2.37. The number of nitrogens with two attached hydrogens (primary N) is 1. The predicted molar refractivity (Wildman–Crippen MR) is 109 cm³/mol. The fourth-order valence-electron chi connectivity index (χ4n) is 4.14. The standard InChI is InChI=1S/C22H21N5/c23-21-19-9-11-27(22(19)26-14-25-21)18-8-6-15(12-18)3-4-16-5-7-17-2-1-10-24-20(17)13-16/h1-5,7,9-11,13-15,18H,6,8,12H2,(H2,23,25,26)/b4-3+. The minimum absolute atomic E-state index is 0.463. The highest BCUT2D eigenvalue weighted by molar-refractivity contribution is 5.86. The molecule has 134 valence electrons. The summed E-state index contributed by atoms with van der Waals surface area (Å²) in [5, 5.41) is 2.12. The normalized spacial score (nSPS) is 20.1. The number of pyridine rings is 1. The Morgan fingerprint density at radius 3 is 3.00 bits per heavy atom. The van der Waals surface area contributed by atoms with E-state index in [0.29, 0.717) is 17.8 Å². The van der Waals surface area contributed by atoms with Crippen molar-refractivity contribution in [3.8, 4) is 0 Å². The molecule has 1 aliphatic rings. The molecule has 0 saturated heterocycles. The zero-order valence-electron chi connectivity index (χ0n) is 15.0. The lowest BCUT2D eigenvalue weighted by Gasteiger charge is -2.13. The Hall–Kier alpha value is -3.21. The van der Waals surface area contributed by atoms with Crippen molar-refractivity contribution < 1.29 is 0 Å². The molecule has 0 radical (unpaired) electrons. The minimum Gasteiger partial charge on any atom is -0.383 e. The second-order valence-electron chi connectivity index (χ2n) is 7.26. The lowest BCUT2D eigenvalue weighted by molar-refractivity contribution is 0.518. The van der Waals surface area contributed by atoms with Crippen molar-refractivity contribution in [2.24, 2.45) is 5.92 Å². The Labute approximate surface area is 157 Å². The van der Waals surface area contributed by atoms with Crippen molar-refractivity contribution in [3.05, 3.63) is 66.8 Å². The van der Waals surface area contributed by atoms with Gasteiger partial charge in [0.1, 0.15) is 17.8 Å². The van der Waals surface area contributed by atoms with Gasteiger partial charge in [-0.15, -0.1) is 0 Å². The van der Waals surface area contributed by atoms with E-state index in [1.165, 1.54) is 17.4 Å². The summed E-state index contributed by atoms with van der Waals surface area (Å²) in [6.45, 7) is 0. The predicted octanol–water partition coefficient (Wildman–Crippen LogP) is 4.62. The van der Waals surface area contributed by atoms with Gasteiger partial charge in [0.05, 0.1) is 10.9 Å². The molecule has 0 amide bonds. The van der Waals surface area contributed by atoms with E-state index < -0.39 is 0 Å². The number of rotatable bonds is 3. The summed E-state index contributed by atoms with van der Waals surface area (Å²) < 4.78 is 2.27. The minimum atomic E-state index is 0.463. The second kappa shape index (κ2) is 6.50. The average molecular weight is 355 g/mol. The van der Waals surface area contributed by atoms with Gasteiger partial charge in [-0.25, -0.2) is 9.97 Å². The summed E-state index contributed by atoms with van der Waals surface area (Å²) >= 11 is 0. The van der Waals surface area contributed by atoms with Crippen molar-refractivity contribution in [1.82, 2.24) is 19.5 Å². The molecule has 5 nitrogen and oxygen atoms in total. The highest BCUT2D eigenvalue weighted by Gasteiger charge is 2.25. The molecule has 2 N–H and O–H groups in total. The number of benzene rings is 1. The number of fused-ring (bicyclic) bond motifs is 2. The summed E-state index contributed by atoms with van der Waals surface area (Å²) in [7, 11) is 0. The van der Waals surface area contributed by atoms with Gasteiger partial charge in [0, 0.05) is 23.8 Å². The average Bonchev–Trinajstić information content (AvgIpc) is 3.33. The monoisotopic (exact) mass is 355 g/mol. The Bertz CT molecular complexity index is 1140. The van der Waals surface area contributed by atoms with Gasteiger partial charge in [-0.2, -0.15) is 0 Å². The van der Waals surface area contributed by atoms with Crippen LogP contribution in [0.3, 0.4) is 0 Å². The third-order valence-electron chi connectivity index (χ3n) is 5.57. The Kier molecular flexibility index (Phi) is 3.85. The first kappa shape index (κ1) is 16.0. The SMILES string of the molecule is Nc1ncnc2c1ccn2C1CCC(/C=C/c2ccc3cccnc3c2)C1. The largest absolute Gasteiger partial charge is 0.383 e. The molecular weight excluding hydrogens is 334 g/mol. The van der Waals surface area contributed by atoms with E-state index in [1.807, 2.05) is 18.3 Å². The molecule has 1 fully saturated rings. The van der Waals surface area contributed by atoms with Crippen LogP contribution in [0.15, 0.2) is 61.2 Å². The first-order valence-electron chi connectivity index (χ1n) is 9.38. The zero-order chi connectivity index (χ0) is 18.2. The van der Waals surface area contributed by atoms with Gasteiger partial charge < -0.3 is 10.3 Å². The highest BCUT2D eigenvalue weighted by atomic mass is 15.1. The number of anilines is 1. The molecule has 0 bridgehead atoms. The number of aromatic nitrogens is 4. The maximum Gasteiger partial charge on any atom is 0.145 e. The molecule has 27 heavy (non-hydrogen) atoms. The van der Waals surface area contributed by atoms with Crippen LogP contribution in [0, 0.1) is 5.92 Å². The van der Waals surface area contributed by atoms with Gasteiger partial charge >= 0.3 is 0 Å². The third-order valence-corrected chi connectivity index (χ3v) is 5.57. The molecule has 2 atom stereocenters. The van der Waals surface area contributed by atoms with Crippen molar-refractivity contribution in [2.45, 2.75) is 25.3 Å². The number of nitrogens with zero attached hydrogens (tertiary/aromatic N) is 4. The van der Waals surface area contributed by atoms with E-state index in [-0.39, 0.29) is 0 Å². The van der Waals surface area contributed by atoms with Crippen LogP contribution in [0.25, 0.3) is 28.0 Å². The Morgan fingerprint density at radius 2 is 2.04 bits per heavy atom. The van der Waals surface area contributed by atoms with Crippen LogP contribution in [0.4, 0.5) is 5.82 Å².